The molecule has 1 aliphatic rings. The Labute approximate surface area is 210 Å². The maximum atomic E-state index is 12.5. The molecule has 6 nitrogen and oxygen atoms in total. The Morgan fingerprint density at radius 2 is 1.97 bits per heavy atom. The Kier molecular flexibility index (Phi) is 9.31. The number of halogens is 1. The van der Waals surface area contributed by atoms with Crippen LogP contribution < -0.4 is 10.6 Å². The van der Waals surface area contributed by atoms with Gasteiger partial charge >= 0.3 is 6.09 Å². The van der Waals surface area contributed by atoms with Crippen LogP contribution in [-0.2, 0) is 15.9 Å². The van der Waals surface area contributed by atoms with Crippen LogP contribution in [-0.4, -0.2) is 42.1 Å². The van der Waals surface area contributed by atoms with Gasteiger partial charge in [-0.3, -0.25) is 0 Å². The number of amides is 1. The molecule has 2 aromatic rings. The summed E-state index contributed by atoms with van der Waals surface area (Å²) in [6.45, 7) is 9.98. The largest absolute Gasteiger partial charge is 0.444 e. The van der Waals surface area contributed by atoms with E-state index in [0.717, 1.165) is 27.6 Å². The summed E-state index contributed by atoms with van der Waals surface area (Å²) in [6.07, 6.45) is 1.60. The Hall–Kier alpha value is -2.19. The number of aliphatic hydroxyl groups excluding tert-OH is 1. The van der Waals surface area contributed by atoms with E-state index in [0.29, 0.717) is 19.6 Å². The number of fused-ring (bicyclic) bond motifs is 1. The van der Waals surface area contributed by atoms with Crippen molar-refractivity contribution in [2.45, 2.75) is 63.5 Å². The molecule has 0 saturated carbocycles. The molecule has 4 atom stereocenters. The fourth-order valence-corrected chi connectivity index (χ4v) is 4.54. The van der Waals surface area contributed by atoms with E-state index in [2.05, 4.69) is 45.3 Å². The molecule has 0 aromatic heterocycles. The van der Waals surface area contributed by atoms with Gasteiger partial charge in [-0.15, -0.1) is 6.58 Å². The van der Waals surface area contributed by atoms with E-state index < -0.39 is 23.8 Å². The van der Waals surface area contributed by atoms with Crippen molar-refractivity contribution in [3.05, 3.63) is 82.3 Å². The van der Waals surface area contributed by atoms with E-state index in [1.165, 1.54) is 0 Å². The highest BCUT2D eigenvalue weighted by atomic mass is 79.9. The molecule has 2 aromatic carbocycles. The normalized spacial score (nSPS) is 19.2. The lowest BCUT2D eigenvalue weighted by atomic mass is 10.0. The summed E-state index contributed by atoms with van der Waals surface area (Å²) >= 11 is 3.56. The first-order chi connectivity index (χ1) is 16.2. The summed E-state index contributed by atoms with van der Waals surface area (Å²) in [5.41, 5.74) is 2.70. The molecule has 0 saturated heterocycles. The second kappa shape index (κ2) is 12.0. The first-order valence-electron chi connectivity index (χ1n) is 11.6. The molecule has 0 unspecified atom stereocenters. The second-order valence-electron chi connectivity index (χ2n) is 9.59. The Morgan fingerprint density at radius 3 is 2.65 bits per heavy atom. The van der Waals surface area contributed by atoms with Crippen molar-refractivity contribution in [1.29, 1.82) is 0 Å². The minimum atomic E-state index is -0.823. The van der Waals surface area contributed by atoms with Crippen molar-refractivity contribution < 1.29 is 19.4 Å². The number of rotatable bonds is 10. The van der Waals surface area contributed by atoms with Gasteiger partial charge in [0, 0.05) is 17.1 Å². The van der Waals surface area contributed by atoms with Gasteiger partial charge in [0.05, 0.1) is 24.9 Å². The fourth-order valence-electron chi connectivity index (χ4n) is 4.16. The van der Waals surface area contributed by atoms with Crippen LogP contribution >= 0.6 is 15.9 Å². The van der Waals surface area contributed by atoms with E-state index in [9.17, 15) is 9.90 Å². The standard InChI is InChI=1S/C27H35BrN2O4/c1-5-13-33-25-16-22(21-15-19(28)11-12-20(21)25)29-17-24(31)23(14-18-9-7-6-8-10-18)30-26(32)34-27(2,3)4/h5-12,15,22-25,29,31H,1,13-14,16-17H2,2-4H3,(H,30,32)/t22-,23-,24+,25+/m0/s1. The van der Waals surface area contributed by atoms with Gasteiger partial charge in [-0.05, 0) is 62.4 Å². The second-order valence-corrected chi connectivity index (χ2v) is 10.5. The number of ether oxygens (including phenoxy) is 2. The van der Waals surface area contributed by atoms with Crippen LogP contribution in [0.1, 0.15) is 56.0 Å². The van der Waals surface area contributed by atoms with Crippen molar-refractivity contribution in [1.82, 2.24) is 10.6 Å². The number of benzene rings is 2. The highest BCUT2D eigenvalue weighted by Crippen LogP contribution is 2.42. The molecule has 0 fully saturated rings. The molecular weight excluding hydrogens is 496 g/mol. The van der Waals surface area contributed by atoms with E-state index in [1.54, 1.807) is 6.08 Å². The molecular formula is C27H35BrN2O4. The molecule has 0 radical (unpaired) electrons. The van der Waals surface area contributed by atoms with Crippen LogP contribution in [0.4, 0.5) is 4.79 Å². The lowest BCUT2D eigenvalue weighted by Crippen LogP contribution is -2.50. The van der Waals surface area contributed by atoms with Crippen LogP contribution in [0, 0.1) is 0 Å². The average Bonchev–Trinajstić information content (AvgIpc) is 3.11. The Morgan fingerprint density at radius 1 is 1.24 bits per heavy atom. The summed E-state index contributed by atoms with van der Waals surface area (Å²) in [5, 5.41) is 17.5. The van der Waals surface area contributed by atoms with Gasteiger partial charge in [-0.2, -0.15) is 0 Å². The van der Waals surface area contributed by atoms with Crippen LogP contribution in [0.15, 0.2) is 65.7 Å². The van der Waals surface area contributed by atoms with E-state index in [-0.39, 0.29) is 12.1 Å². The number of hydrogen-bond donors (Lipinski definition) is 3. The zero-order chi connectivity index (χ0) is 24.7. The minimum absolute atomic E-state index is 0.0240. The van der Waals surface area contributed by atoms with Crippen molar-refractivity contribution in [2.24, 2.45) is 0 Å². The van der Waals surface area contributed by atoms with Crippen LogP contribution in [0.3, 0.4) is 0 Å². The van der Waals surface area contributed by atoms with Crippen LogP contribution in [0.25, 0.3) is 0 Å². The number of hydrogen-bond acceptors (Lipinski definition) is 5. The molecule has 7 heteroatoms. The first-order valence-corrected chi connectivity index (χ1v) is 12.4. The third kappa shape index (κ3) is 7.67. The molecule has 1 amide bonds. The molecule has 0 aliphatic heterocycles. The zero-order valence-electron chi connectivity index (χ0n) is 20.1. The van der Waals surface area contributed by atoms with Gasteiger partial charge in [0.2, 0.25) is 0 Å². The highest BCUT2D eigenvalue weighted by molar-refractivity contribution is 9.10. The molecule has 0 spiro atoms. The molecule has 0 heterocycles. The maximum Gasteiger partial charge on any atom is 0.407 e. The lowest BCUT2D eigenvalue weighted by Gasteiger charge is -2.28. The molecule has 0 bridgehead atoms. The SMILES string of the molecule is C=CCO[C@@H]1C[C@H](NC[C@@H](O)[C@H](Cc2ccccc2)NC(=O)OC(C)(C)C)c2cc(Br)ccc21. The number of carbonyl (C=O) groups is 1. The van der Waals surface area contributed by atoms with E-state index in [1.807, 2.05) is 57.2 Å². The third-order valence-electron chi connectivity index (χ3n) is 5.67. The number of aliphatic hydroxyl groups is 1. The number of alkyl carbamates (subject to hydrolysis) is 1. The summed E-state index contributed by atoms with van der Waals surface area (Å²) in [6, 6.07) is 15.5. The fraction of sp³-hybridized carbons (Fsp3) is 0.444. The van der Waals surface area contributed by atoms with Gasteiger partial charge in [0.25, 0.3) is 0 Å². The van der Waals surface area contributed by atoms with Crippen LogP contribution in [0.5, 0.6) is 0 Å². The number of carbonyl (C=O) groups excluding carboxylic acids is 1. The zero-order valence-corrected chi connectivity index (χ0v) is 21.7. The smallest absolute Gasteiger partial charge is 0.407 e. The summed E-state index contributed by atoms with van der Waals surface area (Å²) < 4.78 is 12.4. The van der Waals surface area contributed by atoms with Crippen molar-refractivity contribution in [2.75, 3.05) is 13.2 Å². The topological polar surface area (TPSA) is 79.8 Å². The predicted molar refractivity (Wildman–Crippen MR) is 138 cm³/mol. The van der Waals surface area contributed by atoms with Gasteiger partial charge < -0.3 is 25.2 Å². The third-order valence-corrected chi connectivity index (χ3v) is 6.17. The average molecular weight is 531 g/mol. The Bertz CT molecular complexity index is 961. The first kappa shape index (κ1) is 26.4. The van der Waals surface area contributed by atoms with Crippen LogP contribution in [0.2, 0.25) is 0 Å². The predicted octanol–water partition coefficient (Wildman–Crippen LogP) is 5.22. The summed E-state index contributed by atoms with van der Waals surface area (Å²) in [5.74, 6) is 0. The number of nitrogens with one attached hydrogen (secondary N) is 2. The van der Waals surface area contributed by atoms with E-state index in [4.69, 9.17) is 9.47 Å². The molecule has 34 heavy (non-hydrogen) atoms. The van der Waals surface area contributed by atoms with Crippen molar-refractivity contribution in [3.8, 4) is 0 Å². The van der Waals surface area contributed by atoms with Crippen molar-refractivity contribution >= 4 is 22.0 Å². The Balaban J connectivity index is 1.69. The molecule has 184 valence electrons. The minimum Gasteiger partial charge on any atom is -0.444 e. The van der Waals surface area contributed by atoms with E-state index >= 15 is 0 Å². The molecule has 3 N–H and O–H groups in total. The summed E-state index contributed by atoms with van der Waals surface area (Å²) in [7, 11) is 0. The summed E-state index contributed by atoms with van der Waals surface area (Å²) in [4.78, 5) is 12.5. The van der Waals surface area contributed by atoms with Gasteiger partial charge in [0.15, 0.2) is 0 Å². The maximum absolute atomic E-state index is 12.5. The van der Waals surface area contributed by atoms with Gasteiger partial charge in [-0.1, -0.05) is 58.4 Å². The quantitative estimate of drug-likeness (QED) is 0.366. The van der Waals surface area contributed by atoms with Crippen molar-refractivity contribution in [3.63, 3.8) is 0 Å². The molecule has 1 aliphatic carbocycles. The van der Waals surface area contributed by atoms with Gasteiger partial charge in [0.1, 0.15) is 5.60 Å². The van der Waals surface area contributed by atoms with Gasteiger partial charge in [-0.25, -0.2) is 4.79 Å². The lowest BCUT2D eigenvalue weighted by molar-refractivity contribution is 0.0415. The highest BCUT2D eigenvalue weighted by Gasteiger charge is 2.33. The monoisotopic (exact) mass is 530 g/mol. The molecule has 3 rings (SSSR count).